The van der Waals surface area contributed by atoms with Gasteiger partial charge in [0.2, 0.25) is 17.7 Å². The summed E-state index contributed by atoms with van der Waals surface area (Å²) in [5.41, 5.74) is 1.65. The Labute approximate surface area is 190 Å². The number of methoxy groups -OCH3 is 1. The minimum atomic E-state index is -1.03. The van der Waals surface area contributed by atoms with Crippen LogP contribution in [0.2, 0.25) is 5.02 Å². The first-order chi connectivity index (χ1) is 15.4. The van der Waals surface area contributed by atoms with Gasteiger partial charge in [-0.25, -0.2) is 4.79 Å². The van der Waals surface area contributed by atoms with Crippen LogP contribution in [0.1, 0.15) is 17.5 Å². The third-order valence-electron chi connectivity index (χ3n) is 5.09. The molecule has 1 aliphatic rings. The quantitative estimate of drug-likeness (QED) is 0.515. The fourth-order valence-electron chi connectivity index (χ4n) is 3.49. The van der Waals surface area contributed by atoms with Gasteiger partial charge in [-0.15, -0.1) is 0 Å². The highest BCUT2D eigenvalue weighted by Gasteiger charge is 2.35. The summed E-state index contributed by atoms with van der Waals surface area (Å²) in [6.45, 7) is 0. The first kappa shape index (κ1) is 23.3. The van der Waals surface area contributed by atoms with Crippen molar-refractivity contribution in [2.45, 2.75) is 37.4 Å². The molecule has 3 N–H and O–H groups in total. The molecule has 3 atom stereocenters. The molecule has 3 rings (SSSR count). The van der Waals surface area contributed by atoms with Crippen LogP contribution >= 0.6 is 11.6 Å². The standard InChI is InChI=1S/C23H24ClN3O5/c1-32-23(31)19(12-15-8-5-9-16(24)10-15)25-20(28)13-18-22(30)26-17(21(29)27-18)11-14-6-3-2-4-7-14/h2-10,17-19H,11-13H2,1H3,(H,25,28)(H,26,30)(H,27,29)/t17-,18-,19-/m0/s1. The number of rotatable bonds is 8. The molecule has 0 bridgehead atoms. The van der Waals surface area contributed by atoms with E-state index in [1.807, 2.05) is 30.3 Å². The Morgan fingerprint density at radius 2 is 1.66 bits per heavy atom. The maximum Gasteiger partial charge on any atom is 0.328 e. The van der Waals surface area contributed by atoms with Crippen LogP contribution in [0, 0.1) is 0 Å². The number of piperazine rings is 1. The molecule has 2 aromatic carbocycles. The Morgan fingerprint density at radius 3 is 2.34 bits per heavy atom. The number of carbonyl (C=O) groups excluding carboxylic acids is 4. The second-order valence-electron chi connectivity index (χ2n) is 7.49. The van der Waals surface area contributed by atoms with Gasteiger partial charge in [0.15, 0.2) is 0 Å². The lowest BCUT2D eigenvalue weighted by Crippen LogP contribution is -2.63. The zero-order valence-corrected chi connectivity index (χ0v) is 18.2. The molecule has 2 aromatic rings. The maximum atomic E-state index is 12.5. The van der Waals surface area contributed by atoms with Crippen molar-refractivity contribution in [2.24, 2.45) is 0 Å². The van der Waals surface area contributed by atoms with Crippen LogP contribution in [-0.2, 0) is 36.8 Å². The fourth-order valence-corrected chi connectivity index (χ4v) is 3.70. The zero-order chi connectivity index (χ0) is 23.1. The molecule has 1 aliphatic heterocycles. The predicted molar refractivity (Wildman–Crippen MR) is 118 cm³/mol. The second-order valence-corrected chi connectivity index (χ2v) is 7.93. The molecule has 168 valence electrons. The largest absolute Gasteiger partial charge is 0.467 e. The molecule has 0 spiro atoms. The van der Waals surface area contributed by atoms with E-state index in [1.165, 1.54) is 7.11 Å². The fraction of sp³-hybridized carbons (Fsp3) is 0.304. The number of halogens is 1. The molecule has 32 heavy (non-hydrogen) atoms. The van der Waals surface area contributed by atoms with E-state index < -0.39 is 35.9 Å². The number of esters is 1. The Hall–Kier alpha value is -3.39. The van der Waals surface area contributed by atoms with E-state index in [4.69, 9.17) is 16.3 Å². The van der Waals surface area contributed by atoms with Crippen LogP contribution < -0.4 is 16.0 Å². The molecular formula is C23H24ClN3O5. The Kier molecular flexibility index (Phi) is 7.83. The first-order valence-electron chi connectivity index (χ1n) is 10.1. The lowest BCUT2D eigenvalue weighted by molar-refractivity contribution is -0.145. The van der Waals surface area contributed by atoms with Crippen LogP contribution in [0.5, 0.6) is 0 Å². The summed E-state index contributed by atoms with van der Waals surface area (Å²) in [4.78, 5) is 49.6. The molecular weight excluding hydrogens is 434 g/mol. The van der Waals surface area contributed by atoms with Crippen LogP contribution in [0.15, 0.2) is 54.6 Å². The van der Waals surface area contributed by atoms with Gasteiger partial charge in [0.05, 0.1) is 13.5 Å². The van der Waals surface area contributed by atoms with Crippen molar-refractivity contribution in [1.82, 2.24) is 16.0 Å². The number of amides is 3. The Morgan fingerprint density at radius 1 is 1.00 bits per heavy atom. The molecule has 0 saturated carbocycles. The molecule has 1 heterocycles. The summed E-state index contributed by atoms with van der Waals surface area (Å²) >= 11 is 5.98. The molecule has 3 amide bonds. The number of benzene rings is 2. The summed E-state index contributed by atoms with van der Waals surface area (Å²) in [7, 11) is 1.22. The number of carbonyl (C=O) groups is 4. The minimum absolute atomic E-state index is 0.168. The maximum absolute atomic E-state index is 12.5. The van der Waals surface area contributed by atoms with E-state index in [-0.39, 0.29) is 18.7 Å². The predicted octanol–water partition coefficient (Wildman–Crippen LogP) is 1.16. The highest BCUT2D eigenvalue weighted by Crippen LogP contribution is 2.13. The van der Waals surface area contributed by atoms with Gasteiger partial charge in [-0.3, -0.25) is 14.4 Å². The normalized spacial score (nSPS) is 18.8. The van der Waals surface area contributed by atoms with Gasteiger partial charge in [0, 0.05) is 17.9 Å². The monoisotopic (exact) mass is 457 g/mol. The van der Waals surface area contributed by atoms with Gasteiger partial charge in [-0.2, -0.15) is 0 Å². The zero-order valence-electron chi connectivity index (χ0n) is 17.5. The van der Waals surface area contributed by atoms with Crippen LogP contribution in [-0.4, -0.2) is 48.9 Å². The van der Waals surface area contributed by atoms with Crippen molar-refractivity contribution in [2.75, 3.05) is 7.11 Å². The van der Waals surface area contributed by atoms with E-state index in [1.54, 1.807) is 24.3 Å². The molecule has 0 aromatic heterocycles. The number of nitrogens with one attached hydrogen (secondary N) is 3. The molecule has 0 radical (unpaired) electrons. The third-order valence-corrected chi connectivity index (χ3v) is 5.32. The van der Waals surface area contributed by atoms with E-state index in [0.717, 1.165) is 11.1 Å². The van der Waals surface area contributed by atoms with E-state index >= 15 is 0 Å². The summed E-state index contributed by atoms with van der Waals surface area (Å²) in [5, 5.41) is 8.35. The van der Waals surface area contributed by atoms with Gasteiger partial charge < -0.3 is 20.7 Å². The van der Waals surface area contributed by atoms with Crippen molar-refractivity contribution < 1.29 is 23.9 Å². The van der Waals surface area contributed by atoms with Crippen LogP contribution in [0.3, 0.4) is 0 Å². The Balaban J connectivity index is 1.58. The summed E-state index contributed by atoms with van der Waals surface area (Å²) in [5.74, 6) is -2.01. The van der Waals surface area contributed by atoms with Crippen molar-refractivity contribution in [3.8, 4) is 0 Å². The summed E-state index contributed by atoms with van der Waals surface area (Å²) in [6.07, 6.45) is 0.210. The van der Waals surface area contributed by atoms with Crippen molar-refractivity contribution in [3.63, 3.8) is 0 Å². The molecule has 0 aliphatic carbocycles. The highest BCUT2D eigenvalue weighted by atomic mass is 35.5. The highest BCUT2D eigenvalue weighted by molar-refractivity contribution is 6.30. The second kappa shape index (κ2) is 10.8. The summed E-state index contributed by atoms with van der Waals surface area (Å²) in [6, 6.07) is 13.5. The van der Waals surface area contributed by atoms with Crippen molar-refractivity contribution in [1.29, 1.82) is 0 Å². The first-order valence-corrected chi connectivity index (χ1v) is 10.5. The van der Waals surface area contributed by atoms with E-state index in [2.05, 4.69) is 16.0 Å². The molecule has 1 saturated heterocycles. The third kappa shape index (κ3) is 6.31. The lowest BCUT2D eigenvalue weighted by Gasteiger charge is -2.29. The van der Waals surface area contributed by atoms with Gasteiger partial charge in [-0.05, 0) is 23.3 Å². The SMILES string of the molecule is COC(=O)[C@H](Cc1cccc(Cl)c1)NC(=O)C[C@@H]1NC(=O)[C@H](Cc2ccccc2)NC1=O. The molecule has 0 unspecified atom stereocenters. The Bertz CT molecular complexity index is 998. The van der Waals surface area contributed by atoms with Crippen molar-refractivity contribution >= 4 is 35.3 Å². The van der Waals surface area contributed by atoms with Gasteiger partial charge in [-0.1, -0.05) is 54.1 Å². The number of ether oxygens (including phenoxy) is 1. The van der Waals surface area contributed by atoms with Crippen LogP contribution in [0.4, 0.5) is 0 Å². The van der Waals surface area contributed by atoms with Gasteiger partial charge >= 0.3 is 5.97 Å². The van der Waals surface area contributed by atoms with E-state index in [9.17, 15) is 19.2 Å². The number of hydrogen-bond acceptors (Lipinski definition) is 5. The van der Waals surface area contributed by atoms with Gasteiger partial charge in [0.1, 0.15) is 18.1 Å². The molecule has 8 nitrogen and oxygen atoms in total. The average molecular weight is 458 g/mol. The van der Waals surface area contributed by atoms with Gasteiger partial charge in [0.25, 0.3) is 0 Å². The molecule has 9 heteroatoms. The lowest BCUT2D eigenvalue weighted by atomic mass is 10.0. The topological polar surface area (TPSA) is 114 Å². The summed E-state index contributed by atoms with van der Waals surface area (Å²) < 4.78 is 4.78. The average Bonchev–Trinajstić information content (AvgIpc) is 2.77. The van der Waals surface area contributed by atoms with Crippen LogP contribution in [0.25, 0.3) is 0 Å². The van der Waals surface area contributed by atoms with E-state index in [0.29, 0.717) is 11.4 Å². The minimum Gasteiger partial charge on any atom is -0.467 e. The smallest absolute Gasteiger partial charge is 0.328 e. The molecule has 1 fully saturated rings. The van der Waals surface area contributed by atoms with Crippen molar-refractivity contribution in [3.05, 3.63) is 70.7 Å². The number of hydrogen-bond donors (Lipinski definition) is 3.